The van der Waals surface area contributed by atoms with Crippen molar-refractivity contribution >= 4 is 0 Å². The molecule has 122 valence electrons. The van der Waals surface area contributed by atoms with Gasteiger partial charge >= 0.3 is 0 Å². The fourth-order valence-corrected chi connectivity index (χ4v) is 4.01. The highest BCUT2D eigenvalue weighted by atomic mass is 16.3. The van der Waals surface area contributed by atoms with Crippen LogP contribution in [0.15, 0.2) is 30.4 Å². The zero-order valence-corrected chi connectivity index (χ0v) is 14.9. The molecule has 0 fully saturated rings. The third-order valence-electron chi connectivity index (χ3n) is 5.72. The van der Waals surface area contributed by atoms with Crippen molar-refractivity contribution in [2.45, 2.75) is 71.5 Å². The van der Waals surface area contributed by atoms with E-state index in [9.17, 15) is 10.2 Å². The summed E-state index contributed by atoms with van der Waals surface area (Å²) in [4.78, 5) is 0. The summed E-state index contributed by atoms with van der Waals surface area (Å²) in [6, 6.07) is 6.36. The van der Waals surface area contributed by atoms with Crippen LogP contribution in [0.5, 0.6) is 0 Å². The van der Waals surface area contributed by atoms with Crippen LogP contribution in [0.3, 0.4) is 0 Å². The smallest absolute Gasteiger partial charge is 0.107 e. The normalized spacial score (nSPS) is 25.2. The average Bonchev–Trinajstić information content (AvgIpc) is 2.45. The lowest BCUT2D eigenvalue weighted by atomic mass is 9.45. The molecule has 0 radical (unpaired) electrons. The average molecular weight is 302 g/mol. The Morgan fingerprint density at radius 3 is 2.23 bits per heavy atom. The molecule has 2 atom stereocenters. The summed E-state index contributed by atoms with van der Waals surface area (Å²) in [5.41, 5.74) is 1.33. The number of rotatable bonds is 4. The first-order chi connectivity index (χ1) is 10.0. The molecule has 2 nitrogen and oxygen atoms in total. The molecule has 1 aromatic carbocycles. The molecule has 2 rings (SSSR count). The number of aliphatic hydroxyl groups is 2. The van der Waals surface area contributed by atoms with Crippen LogP contribution in [0.4, 0.5) is 0 Å². The summed E-state index contributed by atoms with van der Waals surface area (Å²) < 4.78 is 0. The van der Waals surface area contributed by atoms with Crippen molar-refractivity contribution in [3.63, 3.8) is 0 Å². The van der Waals surface area contributed by atoms with Gasteiger partial charge < -0.3 is 10.2 Å². The largest absolute Gasteiger partial charge is 0.388 e. The van der Waals surface area contributed by atoms with E-state index in [4.69, 9.17) is 0 Å². The Morgan fingerprint density at radius 2 is 1.73 bits per heavy atom. The van der Waals surface area contributed by atoms with Crippen LogP contribution in [-0.4, -0.2) is 16.3 Å². The first kappa shape index (κ1) is 17.2. The van der Waals surface area contributed by atoms with Crippen LogP contribution >= 0.6 is 0 Å². The molecule has 0 saturated heterocycles. The highest BCUT2D eigenvalue weighted by Gasteiger charge is 2.65. The summed E-state index contributed by atoms with van der Waals surface area (Å²) in [5.74, 6) is 0.469. The number of hydrogen-bond acceptors (Lipinski definition) is 2. The van der Waals surface area contributed by atoms with Gasteiger partial charge in [-0.05, 0) is 29.5 Å². The van der Waals surface area contributed by atoms with E-state index in [2.05, 4.69) is 39.8 Å². The molecule has 0 heterocycles. The van der Waals surface area contributed by atoms with Gasteiger partial charge in [0.05, 0.1) is 6.10 Å². The molecular weight excluding hydrogens is 272 g/mol. The topological polar surface area (TPSA) is 40.5 Å². The minimum Gasteiger partial charge on any atom is -0.388 e. The Hall–Kier alpha value is -1.12. The number of benzene rings is 1. The summed E-state index contributed by atoms with van der Waals surface area (Å²) in [6.07, 6.45) is 2.90. The van der Waals surface area contributed by atoms with Gasteiger partial charge in [0.25, 0.3) is 0 Å². The standard InChI is InChI=1S/C20H30O2/c1-8-9-17(21)19(6,7)20(22)15-11-10-14(13(2)3)12-16(15)18(20,4)5/h8-13,17,21-22H,1-7H3/b9-8+/t17-,20+/m0/s1. The van der Waals surface area contributed by atoms with E-state index in [0.717, 1.165) is 5.56 Å². The maximum atomic E-state index is 11.6. The van der Waals surface area contributed by atoms with Gasteiger partial charge in [0.15, 0.2) is 0 Å². The molecule has 0 saturated carbocycles. The molecule has 0 aromatic heterocycles. The number of aliphatic hydroxyl groups excluding tert-OH is 1. The fourth-order valence-electron chi connectivity index (χ4n) is 4.01. The van der Waals surface area contributed by atoms with Crippen molar-refractivity contribution in [1.82, 2.24) is 0 Å². The molecule has 0 aliphatic heterocycles. The van der Waals surface area contributed by atoms with Crippen molar-refractivity contribution in [1.29, 1.82) is 0 Å². The minimum atomic E-state index is -1.05. The van der Waals surface area contributed by atoms with Crippen LogP contribution in [0, 0.1) is 5.41 Å². The van der Waals surface area contributed by atoms with E-state index < -0.39 is 17.1 Å². The van der Waals surface area contributed by atoms with Crippen molar-refractivity contribution in [3.05, 3.63) is 47.0 Å². The maximum Gasteiger partial charge on any atom is 0.107 e. The Labute approximate surface area is 134 Å². The summed E-state index contributed by atoms with van der Waals surface area (Å²) in [5, 5.41) is 22.1. The lowest BCUT2D eigenvalue weighted by molar-refractivity contribution is -0.182. The Morgan fingerprint density at radius 1 is 1.14 bits per heavy atom. The second-order valence-electron chi connectivity index (χ2n) is 7.99. The highest BCUT2D eigenvalue weighted by molar-refractivity contribution is 5.55. The number of fused-ring (bicyclic) bond motifs is 1. The summed E-state index contributed by atoms with van der Waals surface area (Å²) in [6.45, 7) is 14.3. The SMILES string of the molecule is C/C=C/[C@H](O)C(C)(C)[C@@]1(O)c2ccc(C(C)C)cc2C1(C)C. The van der Waals surface area contributed by atoms with E-state index in [1.54, 1.807) is 6.08 Å². The lowest BCUT2D eigenvalue weighted by Crippen LogP contribution is -2.65. The van der Waals surface area contributed by atoms with Gasteiger partial charge in [0, 0.05) is 10.8 Å². The first-order valence-electron chi connectivity index (χ1n) is 8.20. The monoisotopic (exact) mass is 302 g/mol. The molecule has 0 unspecified atom stereocenters. The second kappa shape index (κ2) is 5.21. The van der Waals surface area contributed by atoms with Crippen LogP contribution in [-0.2, 0) is 11.0 Å². The molecule has 0 amide bonds. The number of hydrogen-bond donors (Lipinski definition) is 2. The molecule has 2 N–H and O–H groups in total. The predicted molar refractivity (Wildman–Crippen MR) is 92.1 cm³/mol. The van der Waals surface area contributed by atoms with Crippen molar-refractivity contribution in [2.75, 3.05) is 0 Å². The van der Waals surface area contributed by atoms with Crippen molar-refractivity contribution in [2.24, 2.45) is 5.41 Å². The zero-order chi connectivity index (χ0) is 16.9. The second-order valence-corrected chi connectivity index (χ2v) is 7.99. The van der Waals surface area contributed by atoms with E-state index in [0.29, 0.717) is 5.92 Å². The molecule has 0 spiro atoms. The van der Waals surface area contributed by atoms with Crippen LogP contribution in [0.25, 0.3) is 0 Å². The van der Waals surface area contributed by atoms with E-state index in [1.807, 2.05) is 32.9 Å². The van der Waals surface area contributed by atoms with Gasteiger partial charge in [-0.1, -0.05) is 71.9 Å². The van der Waals surface area contributed by atoms with Crippen LogP contribution in [0.1, 0.15) is 71.1 Å². The highest BCUT2D eigenvalue weighted by Crippen LogP contribution is 2.63. The quantitative estimate of drug-likeness (QED) is 0.816. The van der Waals surface area contributed by atoms with E-state index >= 15 is 0 Å². The molecule has 1 aromatic rings. The molecule has 22 heavy (non-hydrogen) atoms. The maximum absolute atomic E-state index is 11.6. The third kappa shape index (κ3) is 2.00. The van der Waals surface area contributed by atoms with Crippen LogP contribution < -0.4 is 0 Å². The Balaban J connectivity index is 2.57. The predicted octanol–water partition coefficient (Wildman–Crippen LogP) is 4.25. The summed E-state index contributed by atoms with van der Waals surface area (Å²) in [7, 11) is 0. The van der Waals surface area contributed by atoms with Gasteiger partial charge in [0.2, 0.25) is 0 Å². The molecular formula is C20H30O2. The van der Waals surface area contributed by atoms with Crippen molar-refractivity contribution < 1.29 is 10.2 Å². The first-order valence-corrected chi connectivity index (χ1v) is 8.20. The van der Waals surface area contributed by atoms with Gasteiger partial charge in [-0.2, -0.15) is 0 Å². The molecule has 0 bridgehead atoms. The Bertz CT molecular complexity index is 596. The zero-order valence-electron chi connectivity index (χ0n) is 14.9. The lowest BCUT2D eigenvalue weighted by Gasteiger charge is -2.62. The molecule has 1 aliphatic rings. The fraction of sp³-hybridized carbons (Fsp3) is 0.600. The number of allylic oxidation sites excluding steroid dienone is 1. The van der Waals surface area contributed by atoms with Gasteiger partial charge in [-0.3, -0.25) is 0 Å². The minimum absolute atomic E-state index is 0.390. The van der Waals surface area contributed by atoms with E-state index in [-0.39, 0.29) is 5.41 Å². The van der Waals surface area contributed by atoms with Gasteiger partial charge in [-0.25, -0.2) is 0 Å². The third-order valence-corrected chi connectivity index (χ3v) is 5.72. The summed E-state index contributed by atoms with van der Waals surface area (Å²) >= 11 is 0. The molecule has 2 heteroatoms. The van der Waals surface area contributed by atoms with Crippen LogP contribution in [0.2, 0.25) is 0 Å². The van der Waals surface area contributed by atoms with E-state index in [1.165, 1.54) is 11.1 Å². The molecule has 1 aliphatic carbocycles. The van der Waals surface area contributed by atoms with Gasteiger partial charge in [0.1, 0.15) is 5.60 Å². The van der Waals surface area contributed by atoms with Gasteiger partial charge in [-0.15, -0.1) is 0 Å². The van der Waals surface area contributed by atoms with Crippen molar-refractivity contribution in [3.8, 4) is 0 Å². The Kier molecular flexibility index (Phi) is 4.08.